The highest BCUT2D eigenvalue weighted by Crippen LogP contribution is 2.63. The van der Waals surface area contributed by atoms with E-state index in [9.17, 15) is 9.90 Å². The number of likely N-dealkylation sites (tertiary alicyclic amines) is 1. The molecular formula is C24H24BrNO3. The second kappa shape index (κ2) is 6.32. The van der Waals surface area contributed by atoms with Gasteiger partial charge in [-0.3, -0.25) is 9.69 Å². The van der Waals surface area contributed by atoms with Gasteiger partial charge in [0, 0.05) is 34.5 Å². The first-order valence-corrected chi connectivity index (χ1v) is 11.4. The summed E-state index contributed by atoms with van der Waals surface area (Å²) in [5, 5.41) is 10.4. The van der Waals surface area contributed by atoms with E-state index in [0.717, 1.165) is 48.8 Å². The Kier molecular flexibility index (Phi) is 3.92. The third-order valence-corrected chi connectivity index (χ3v) is 8.35. The molecule has 4 aliphatic rings. The summed E-state index contributed by atoms with van der Waals surface area (Å²) in [6, 6.07) is 12.9. The maximum atomic E-state index is 12.8. The van der Waals surface area contributed by atoms with Gasteiger partial charge < -0.3 is 9.84 Å². The van der Waals surface area contributed by atoms with Crippen molar-refractivity contribution in [2.24, 2.45) is 5.92 Å². The predicted octanol–water partition coefficient (Wildman–Crippen LogP) is 4.01. The second-order valence-electron chi connectivity index (χ2n) is 9.03. The molecule has 29 heavy (non-hydrogen) atoms. The Bertz CT molecular complexity index is 1000. The maximum absolute atomic E-state index is 12.8. The summed E-state index contributed by atoms with van der Waals surface area (Å²) in [4.78, 5) is 15.5. The lowest BCUT2D eigenvalue weighted by atomic mass is 9.51. The number of halogens is 1. The van der Waals surface area contributed by atoms with Crippen LogP contribution in [0.5, 0.6) is 11.5 Å². The van der Waals surface area contributed by atoms with Crippen molar-refractivity contribution in [3.05, 3.63) is 57.6 Å². The molecule has 2 aromatic carbocycles. The first-order chi connectivity index (χ1) is 14.1. The first kappa shape index (κ1) is 18.0. The van der Waals surface area contributed by atoms with Crippen LogP contribution in [0, 0.1) is 5.92 Å². The summed E-state index contributed by atoms with van der Waals surface area (Å²) in [5.74, 6) is 1.43. The molecule has 2 fully saturated rings. The molecule has 5 heteroatoms. The summed E-state index contributed by atoms with van der Waals surface area (Å²) in [7, 11) is 0. The minimum Gasteiger partial charge on any atom is -0.504 e. The third kappa shape index (κ3) is 2.43. The number of Topliss-reactive ketones (excluding diaryl/α,β-unsaturated/α-hetero) is 1. The number of hydrogen-bond acceptors (Lipinski definition) is 4. The minimum absolute atomic E-state index is 0.190. The Morgan fingerprint density at radius 2 is 2.03 bits per heavy atom. The highest BCUT2D eigenvalue weighted by atomic mass is 79.9. The first-order valence-electron chi connectivity index (χ1n) is 10.6. The molecule has 2 heterocycles. The van der Waals surface area contributed by atoms with Crippen LogP contribution < -0.4 is 4.74 Å². The van der Waals surface area contributed by atoms with Crippen molar-refractivity contribution in [2.45, 2.75) is 49.7 Å². The Balaban J connectivity index is 1.36. The van der Waals surface area contributed by atoms with Crippen molar-refractivity contribution >= 4 is 21.7 Å². The molecule has 2 unspecified atom stereocenters. The fourth-order valence-electron chi connectivity index (χ4n) is 6.61. The highest BCUT2D eigenvalue weighted by molar-refractivity contribution is 9.10. The zero-order chi connectivity index (χ0) is 19.8. The molecule has 4 nitrogen and oxygen atoms in total. The number of nitrogens with zero attached hydrogens (tertiary/aromatic N) is 1. The molecule has 4 atom stereocenters. The number of piperidine rings is 1. The predicted molar refractivity (Wildman–Crippen MR) is 113 cm³/mol. The van der Waals surface area contributed by atoms with Crippen LogP contribution in [0.3, 0.4) is 0 Å². The summed E-state index contributed by atoms with van der Waals surface area (Å²) in [5.41, 5.74) is 3.56. The summed E-state index contributed by atoms with van der Waals surface area (Å²) in [6.45, 7) is 2.03. The maximum Gasteiger partial charge on any atom is 0.174 e. The van der Waals surface area contributed by atoms with Crippen molar-refractivity contribution in [3.8, 4) is 11.5 Å². The average Bonchev–Trinajstić information content (AvgIpc) is 3.07. The van der Waals surface area contributed by atoms with Crippen LogP contribution in [0.4, 0.5) is 0 Å². The molecule has 1 saturated carbocycles. The third-order valence-electron chi connectivity index (χ3n) is 7.82. The lowest BCUT2D eigenvalue weighted by Gasteiger charge is -2.57. The molecule has 2 aromatic rings. The fraction of sp³-hybridized carbons (Fsp3) is 0.458. The summed E-state index contributed by atoms with van der Waals surface area (Å²) >= 11 is 3.51. The van der Waals surface area contributed by atoms with Crippen LogP contribution in [0.25, 0.3) is 0 Å². The van der Waals surface area contributed by atoms with Crippen molar-refractivity contribution in [1.29, 1.82) is 0 Å². The topological polar surface area (TPSA) is 49.8 Å². The fourth-order valence-corrected chi connectivity index (χ4v) is 6.87. The molecule has 1 N–H and O–H groups in total. The smallest absolute Gasteiger partial charge is 0.174 e. The number of rotatable bonds is 3. The summed E-state index contributed by atoms with van der Waals surface area (Å²) < 4.78 is 7.29. The number of ketones is 1. The van der Waals surface area contributed by atoms with Crippen molar-refractivity contribution in [2.75, 3.05) is 13.1 Å². The molecule has 2 bridgehead atoms. The lowest BCUT2D eigenvalue weighted by molar-refractivity contribution is -0.138. The van der Waals surface area contributed by atoms with Gasteiger partial charge in [0.05, 0.1) is 0 Å². The molecule has 0 radical (unpaired) electrons. The number of carbonyl (C=O) groups is 1. The average molecular weight is 454 g/mol. The van der Waals surface area contributed by atoms with Gasteiger partial charge in [-0.2, -0.15) is 0 Å². The van der Waals surface area contributed by atoms with Gasteiger partial charge in [0.1, 0.15) is 0 Å². The van der Waals surface area contributed by atoms with Crippen LogP contribution in [-0.4, -0.2) is 41.0 Å². The molecule has 2 aliphatic heterocycles. The Morgan fingerprint density at radius 1 is 1.21 bits per heavy atom. The number of aromatic hydroxyl groups is 1. The van der Waals surface area contributed by atoms with Crippen LogP contribution in [0.2, 0.25) is 0 Å². The number of benzene rings is 2. The van der Waals surface area contributed by atoms with E-state index in [1.165, 1.54) is 11.1 Å². The van der Waals surface area contributed by atoms with E-state index in [-0.39, 0.29) is 16.9 Å². The highest BCUT2D eigenvalue weighted by Gasteiger charge is 2.65. The Morgan fingerprint density at radius 3 is 2.86 bits per heavy atom. The summed E-state index contributed by atoms with van der Waals surface area (Å²) in [6.07, 6.45) is 4.09. The quantitative estimate of drug-likeness (QED) is 0.762. The van der Waals surface area contributed by atoms with Crippen LogP contribution in [-0.2, 0) is 23.1 Å². The zero-order valence-corrected chi connectivity index (χ0v) is 17.8. The number of phenols is 1. The molecule has 1 spiro atoms. The monoisotopic (exact) mass is 453 g/mol. The van der Waals surface area contributed by atoms with Gasteiger partial charge in [-0.15, -0.1) is 0 Å². The SMILES string of the molecule is O=C1CCC2C3Cc4ccc(O)c5c4[C@@]2(CCN3CCc2ccc(Br)cc2)[C@H]1O5. The van der Waals surface area contributed by atoms with E-state index >= 15 is 0 Å². The van der Waals surface area contributed by atoms with Crippen molar-refractivity contribution in [1.82, 2.24) is 4.90 Å². The second-order valence-corrected chi connectivity index (χ2v) is 9.95. The van der Waals surface area contributed by atoms with E-state index < -0.39 is 6.10 Å². The Labute approximate surface area is 179 Å². The van der Waals surface area contributed by atoms with Crippen molar-refractivity contribution in [3.63, 3.8) is 0 Å². The minimum atomic E-state index is -0.403. The normalized spacial score (nSPS) is 32.0. The molecule has 6 rings (SSSR count). The molecule has 0 amide bonds. The van der Waals surface area contributed by atoms with E-state index in [2.05, 4.69) is 51.2 Å². The zero-order valence-electron chi connectivity index (χ0n) is 16.2. The van der Waals surface area contributed by atoms with Gasteiger partial charge in [0.25, 0.3) is 0 Å². The van der Waals surface area contributed by atoms with Gasteiger partial charge >= 0.3 is 0 Å². The van der Waals surface area contributed by atoms with E-state index in [1.807, 2.05) is 0 Å². The lowest BCUT2D eigenvalue weighted by Crippen LogP contribution is -2.66. The van der Waals surface area contributed by atoms with Crippen molar-refractivity contribution < 1.29 is 14.6 Å². The number of ether oxygens (including phenoxy) is 1. The van der Waals surface area contributed by atoms with E-state index in [4.69, 9.17) is 4.74 Å². The van der Waals surface area contributed by atoms with Gasteiger partial charge in [-0.25, -0.2) is 0 Å². The van der Waals surface area contributed by atoms with Gasteiger partial charge in [-0.1, -0.05) is 34.1 Å². The standard InChI is InChI=1S/C24H24BrNO3/c25-16-4-1-14(2-5-16)9-11-26-12-10-24-17-6-8-20(28)23(24)29-22-19(27)7-3-15(21(22)24)13-18(17)26/h1-5,7,17-18,23,27H,6,8-13H2/t17?,18?,23-,24-/m0/s1. The molecule has 1 saturated heterocycles. The number of carbonyl (C=O) groups excluding carboxylic acids is 1. The molecule has 2 aliphatic carbocycles. The van der Waals surface area contributed by atoms with Gasteiger partial charge in [0.2, 0.25) is 0 Å². The Hall–Kier alpha value is -1.85. The number of hydrogen-bond donors (Lipinski definition) is 1. The number of phenolic OH excluding ortho intramolecular Hbond substituents is 1. The van der Waals surface area contributed by atoms with E-state index in [0.29, 0.717) is 24.1 Å². The van der Waals surface area contributed by atoms with Gasteiger partial charge in [-0.05, 0) is 67.5 Å². The van der Waals surface area contributed by atoms with Crippen LogP contribution in [0.15, 0.2) is 40.9 Å². The van der Waals surface area contributed by atoms with Gasteiger partial charge in [0.15, 0.2) is 23.4 Å². The van der Waals surface area contributed by atoms with Crippen LogP contribution in [0.1, 0.15) is 36.0 Å². The van der Waals surface area contributed by atoms with Crippen LogP contribution >= 0.6 is 15.9 Å². The van der Waals surface area contributed by atoms with E-state index in [1.54, 1.807) is 6.07 Å². The molecule has 0 aromatic heterocycles. The molecule has 150 valence electrons. The largest absolute Gasteiger partial charge is 0.504 e. The molecular weight excluding hydrogens is 430 g/mol.